The molecular weight excluding hydrogens is 288 g/mol. The molecule has 0 spiro atoms. The van der Waals surface area contributed by atoms with Gasteiger partial charge >= 0.3 is 0 Å². The van der Waals surface area contributed by atoms with Crippen LogP contribution in [0.15, 0.2) is 35.0 Å². The number of nitrogens with zero attached hydrogens (tertiary/aromatic N) is 1. The number of anilines is 1. The number of thiophene rings is 1. The maximum Gasteiger partial charge on any atom is 0.275 e. The van der Waals surface area contributed by atoms with Gasteiger partial charge in [-0.2, -0.15) is 11.3 Å². The van der Waals surface area contributed by atoms with Crippen LogP contribution in [0.1, 0.15) is 31.9 Å². The molecule has 0 aliphatic heterocycles. The van der Waals surface area contributed by atoms with Gasteiger partial charge in [-0.1, -0.05) is 6.92 Å². The molecule has 0 saturated carbocycles. The molecule has 0 saturated heterocycles. The van der Waals surface area contributed by atoms with Crippen LogP contribution in [0, 0.1) is 10.1 Å². The molecule has 1 aromatic heterocycles. The summed E-state index contributed by atoms with van der Waals surface area (Å²) in [5, 5.41) is 18.4. The smallest absolute Gasteiger partial charge is 0.275 e. The summed E-state index contributed by atoms with van der Waals surface area (Å²) >= 11 is 1.63. The van der Waals surface area contributed by atoms with Crippen LogP contribution < -0.4 is 10.1 Å². The lowest BCUT2D eigenvalue weighted by Gasteiger charge is -2.15. The molecule has 112 valence electrons. The minimum atomic E-state index is -0.404. The van der Waals surface area contributed by atoms with Crippen molar-refractivity contribution in [1.29, 1.82) is 0 Å². The van der Waals surface area contributed by atoms with Gasteiger partial charge in [0.15, 0.2) is 0 Å². The zero-order valence-electron chi connectivity index (χ0n) is 12.0. The summed E-state index contributed by atoms with van der Waals surface area (Å²) in [6.45, 7) is 4.56. The maximum absolute atomic E-state index is 11.0. The topological polar surface area (TPSA) is 64.4 Å². The van der Waals surface area contributed by atoms with Crippen molar-refractivity contribution in [3.63, 3.8) is 0 Å². The molecule has 1 unspecified atom stereocenters. The third-order valence-corrected chi connectivity index (χ3v) is 3.70. The minimum absolute atomic E-state index is 0.0311. The third-order valence-electron chi connectivity index (χ3n) is 3.00. The number of benzene rings is 1. The van der Waals surface area contributed by atoms with Gasteiger partial charge in [-0.3, -0.25) is 10.1 Å². The Kier molecular flexibility index (Phi) is 5.16. The Labute approximate surface area is 127 Å². The Bertz CT molecular complexity index is 599. The number of non-ortho nitro benzene ring substituents is 1. The van der Waals surface area contributed by atoms with E-state index < -0.39 is 4.92 Å². The van der Waals surface area contributed by atoms with E-state index in [1.165, 1.54) is 12.1 Å². The monoisotopic (exact) mass is 306 g/mol. The van der Waals surface area contributed by atoms with Crippen LogP contribution in [0.25, 0.3) is 0 Å². The molecule has 5 nitrogen and oxygen atoms in total. The molecule has 6 heteroatoms. The largest absolute Gasteiger partial charge is 0.493 e. The van der Waals surface area contributed by atoms with Gasteiger partial charge in [-0.05, 0) is 35.7 Å². The van der Waals surface area contributed by atoms with E-state index in [0.29, 0.717) is 18.0 Å². The molecule has 2 aromatic rings. The molecule has 21 heavy (non-hydrogen) atoms. The predicted molar refractivity (Wildman–Crippen MR) is 85.2 cm³/mol. The van der Waals surface area contributed by atoms with Gasteiger partial charge in [0.1, 0.15) is 5.75 Å². The minimum Gasteiger partial charge on any atom is -0.493 e. The number of rotatable bonds is 7. The summed E-state index contributed by atoms with van der Waals surface area (Å²) in [5.74, 6) is 0.520. The summed E-state index contributed by atoms with van der Waals surface area (Å²) in [5.41, 5.74) is 1.88. The van der Waals surface area contributed by atoms with Gasteiger partial charge in [0.2, 0.25) is 0 Å². The number of nitro groups is 1. The SMILES string of the molecule is CCCOc1cc(NC(C)c2ccsc2)cc([N+](=O)[O-])c1. The van der Waals surface area contributed by atoms with E-state index in [0.717, 1.165) is 12.0 Å². The molecule has 1 heterocycles. The molecule has 0 aliphatic rings. The van der Waals surface area contributed by atoms with Crippen LogP contribution in [-0.4, -0.2) is 11.5 Å². The maximum atomic E-state index is 11.0. The summed E-state index contributed by atoms with van der Waals surface area (Å²) in [7, 11) is 0. The molecule has 0 aliphatic carbocycles. The first-order chi connectivity index (χ1) is 10.1. The van der Waals surface area contributed by atoms with Gasteiger partial charge in [0.05, 0.1) is 17.6 Å². The van der Waals surface area contributed by atoms with Crippen molar-refractivity contribution in [2.75, 3.05) is 11.9 Å². The van der Waals surface area contributed by atoms with E-state index in [1.807, 2.05) is 25.3 Å². The highest BCUT2D eigenvalue weighted by Crippen LogP contribution is 2.29. The molecule has 0 bridgehead atoms. The highest BCUT2D eigenvalue weighted by atomic mass is 32.1. The molecule has 2 rings (SSSR count). The molecule has 1 atom stereocenters. The summed E-state index contributed by atoms with van der Waals surface area (Å²) in [6.07, 6.45) is 0.858. The Morgan fingerprint density at radius 3 is 2.86 bits per heavy atom. The average molecular weight is 306 g/mol. The van der Waals surface area contributed by atoms with Crippen LogP contribution >= 0.6 is 11.3 Å². The number of nitrogens with one attached hydrogen (secondary N) is 1. The summed E-state index contributed by atoms with van der Waals surface area (Å²) in [6, 6.07) is 6.90. The van der Waals surface area contributed by atoms with Crippen molar-refractivity contribution in [2.45, 2.75) is 26.3 Å². The number of hydrogen-bond acceptors (Lipinski definition) is 5. The van der Waals surface area contributed by atoms with Gasteiger partial charge in [-0.15, -0.1) is 0 Å². The molecule has 1 aromatic carbocycles. The van der Waals surface area contributed by atoms with Crippen LogP contribution in [0.4, 0.5) is 11.4 Å². The van der Waals surface area contributed by atoms with Crippen molar-refractivity contribution >= 4 is 22.7 Å². The first-order valence-corrected chi connectivity index (χ1v) is 7.75. The number of hydrogen-bond donors (Lipinski definition) is 1. The van der Waals surface area contributed by atoms with Crippen molar-refractivity contribution < 1.29 is 9.66 Å². The van der Waals surface area contributed by atoms with Gasteiger partial charge in [0, 0.05) is 23.9 Å². The highest BCUT2D eigenvalue weighted by Gasteiger charge is 2.13. The lowest BCUT2D eigenvalue weighted by atomic mass is 10.1. The lowest BCUT2D eigenvalue weighted by Crippen LogP contribution is -2.06. The third kappa shape index (κ3) is 4.19. The first-order valence-electron chi connectivity index (χ1n) is 6.81. The Hall–Kier alpha value is -2.08. The molecule has 0 radical (unpaired) electrons. The van der Waals surface area contributed by atoms with Gasteiger partial charge in [-0.25, -0.2) is 0 Å². The van der Waals surface area contributed by atoms with Crippen LogP contribution in [0.3, 0.4) is 0 Å². The Morgan fingerprint density at radius 1 is 1.43 bits per heavy atom. The quantitative estimate of drug-likeness (QED) is 0.599. The Balaban J connectivity index is 2.20. The second kappa shape index (κ2) is 7.08. The first kappa shape index (κ1) is 15.3. The fourth-order valence-corrected chi connectivity index (χ4v) is 2.68. The van der Waals surface area contributed by atoms with Gasteiger partial charge < -0.3 is 10.1 Å². The van der Waals surface area contributed by atoms with Crippen molar-refractivity contribution in [1.82, 2.24) is 0 Å². The van der Waals surface area contributed by atoms with E-state index in [4.69, 9.17) is 4.74 Å². The summed E-state index contributed by atoms with van der Waals surface area (Å²) in [4.78, 5) is 10.6. The second-order valence-electron chi connectivity index (χ2n) is 4.74. The van der Waals surface area contributed by atoms with Gasteiger partial charge in [0.25, 0.3) is 5.69 Å². The van der Waals surface area contributed by atoms with E-state index in [2.05, 4.69) is 10.7 Å². The van der Waals surface area contributed by atoms with Crippen molar-refractivity contribution in [3.05, 3.63) is 50.7 Å². The molecule has 0 fully saturated rings. The lowest BCUT2D eigenvalue weighted by molar-refractivity contribution is -0.384. The van der Waals surface area contributed by atoms with E-state index in [-0.39, 0.29) is 11.7 Å². The summed E-state index contributed by atoms with van der Waals surface area (Å²) < 4.78 is 5.52. The predicted octanol–water partition coefficient (Wildman–Crippen LogP) is 4.62. The standard InChI is InChI=1S/C15H18N2O3S/c1-3-5-20-15-8-13(7-14(9-15)17(18)19)16-11(2)12-4-6-21-10-12/h4,6-11,16H,3,5H2,1-2H3. The number of ether oxygens (including phenoxy) is 1. The van der Waals surface area contributed by atoms with E-state index >= 15 is 0 Å². The zero-order chi connectivity index (χ0) is 15.2. The van der Waals surface area contributed by atoms with Crippen molar-refractivity contribution in [2.24, 2.45) is 0 Å². The highest BCUT2D eigenvalue weighted by molar-refractivity contribution is 7.07. The molecule has 0 amide bonds. The van der Waals surface area contributed by atoms with E-state index in [9.17, 15) is 10.1 Å². The van der Waals surface area contributed by atoms with E-state index in [1.54, 1.807) is 17.4 Å². The fourth-order valence-electron chi connectivity index (χ4n) is 1.93. The van der Waals surface area contributed by atoms with Crippen LogP contribution in [0.5, 0.6) is 5.75 Å². The van der Waals surface area contributed by atoms with Crippen LogP contribution in [0.2, 0.25) is 0 Å². The molecule has 1 N–H and O–H groups in total. The average Bonchev–Trinajstić information content (AvgIpc) is 2.99. The normalized spacial score (nSPS) is 11.9. The van der Waals surface area contributed by atoms with Crippen molar-refractivity contribution in [3.8, 4) is 5.75 Å². The van der Waals surface area contributed by atoms with Crippen LogP contribution in [-0.2, 0) is 0 Å². The number of nitro benzene ring substituents is 1. The molecular formula is C15H18N2O3S. The fraction of sp³-hybridized carbons (Fsp3) is 0.333. The zero-order valence-corrected chi connectivity index (χ0v) is 12.9. The second-order valence-corrected chi connectivity index (χ2v) is 5.52. The Morgan fingerprint density at radius 2 is 2.24 bits per heavy atom.